The second-order valence-corrected chi connectivity index (χ2v) is 5.55. The van der Waals surface area contributed by atoms with Crippen LogP contribution in [-0.4, -0.2) is 24.8 Å². The summed E-state index contributed by atoms with van der Waals surface area (Å²) in [7, 11) is 0. The van der Waals surface area contributed by atoms with E-state index in [9.17, 15) is 13.2 Å². The molecule has 6 nitrogen and oxygen atoms in total. The molecular formula is C11H9F3N6S. The lowest BCUT2D eigenvalue weighted by Crippen LogP contribution is -2.13. The van der Waals surface area contributed by atoms with Crippen LogP contribution in [0.25, 0.3) is 5.65 Å². The molecule has 0 atom stereocenters. The molecule has 0 aliphatic heterocycles. The molecule has 0 bridgehead atoms. The number of hydrogen-bond acceptors (Lipinski definition) is 6. The van der Waals surface area contributed by atoms with Gasteiger partial charge in [-0.3, -0.25) is 0 Å². The Balaban J connectivity index is 1.86. The Labute approximate surface area is 120 Å². The lowest BCUT2D eigenvalue weighted by atomic mass is 10.5. The van der Waals surface area contributed by atoms with Gasteiger partial charge in [0.2, 0.25) is 0 Å². The summed E-state index contributed by atoms with van der Waals surface area (Å²) in [4.78, 5) is 5.22. The van der Waals surface area contributed by atoms with Crippen molar-refractivity contribution in [2.24, 2.45) is 0 Å². The van der Waals surface area contributed by atoms with Crippen molar-refractivity contribution in [3.05, 3.63) is 34.0 Å². The number of aryl methyl sites for hydroxylation is 1. The predicted octanol–water partition coefficient (Wildman–Crippen LogP) is 2.52. The fourth-order valence-corrected chi connectivity index (χ4v) is 2.44. The first-order valence-corrected chi connectivity index (χ1v) is 6.70. The minimum atomic E-state index is -4.60. The Morgan fingerprint density at radius 3 is 2.76 bits per heavy atom. The normalized spacial score (nSPS) is 12.0. The number of thiazole rings is 1. The first kappa shape index (κ1) is 13.7. The van der Waals surface area contributed by atoms with Crippen molar-refractivity contribution in [1.29, 1.82) is 0 Å². The summed E-state index contributed by atoms with van der Waals surface area (Å²) in [5.41, 5.74) is 0.0398. The molecule has 1 N–H and O–H groups in total. The van der Waals surface area contributed by atoms with E-state index in [1.54, 1.807) is 12.3 Å². The molecule has 0 radical (unpaired) electrons. The zero-order valence-corrected chi connectivity index (χ0v) is 11.5. The molecule has 110 valence electrons. The quantitative estimate of drug-likeness (QED) is 0.804. The van der Waals surface area contributed by atoms with Crippen LogP contribution < -0.4 is 5.32 Å². The molecule has 0 aromatic carbocycles. The molecule has 0 saturated carbocycles. The Kier molecular flexibility index (Phi) is 3.24. The van der Waals surface area contributed by atoms with Crippen LogP contribution in [0.2, 0.25) is 0 Å². The van der Waals surface area contributed by atoms with Gasteiger partial charge in [-0.1, -0.05) is 0 Å². The molecule has 0 unspecified atom stereocenters. The molecule has 10 heteroatoms. The summed E-state index contributed by atoms with van der Waals surface area (Å²) in [6, 6.07) is 2.97. The number of hydrogen-bond donors (Lipinski definition) is 1. The highest BCUT2D eigenvalue weighted by Gasteiger charge is 2.37. The molecular weight excluding hydrogens is 305 g/mol. The summed E-state index contributed by atoms with van der Waals surface area (Å²) < 4.78 is 38.9. The minimum Gasteiger partial charge on any atom is -0.362 e. The van der Waals surface area contributed by atoms with Crippen molar-refractivity contribution in [3.8, 4) is 0 Å². The highest BCUT2D eigenvalue weighted by molar-refractivity contribution is 7.11. The summed E-state index contributed by atoms with van der Waals surface area (Å²) in [6.45, 7) is 2.32. The number of anilines is 1. The monoisotopic (exact) mass is 314 g/mol. The minimum absolute atomic E-state index is 0.0398. The molecule has 3 aromatic rings. The average molecular weight is 314 g/mol. The summed E-state index contributed by atoms with van der Waals surface area (Å²) >= 11 is 1.51. The first-order chi connectivity index (χ1) is 9.93. The first-order valence-electron chi connectivity index (χ1n) is 5.88. The van der Waals surface area contributed by atoms with E-state index in [1.807, 2.05) is 6.92 Å². The molecule has 0 aliphatic rings. The predicted molar refractivity (Wildman–Crippen MR) is 70.0 cm³/mol. The second kappa shape index (κ2) is 4.95. The van der Waals surface area contributed by atoms with E-state index in [1.165, 1.54) is 17.4 Å². The lowest BCUT2D eigenvalue weighted by molar-refractivity contribution is -0.146. The third kappa shape index (κ3) is 2.79. The van der Waals surface area contributed by atoms with Gasteiger partial charge >= 0.3 is 6.18 Å². The standard InChI is InChI=1S/C11H9F3N6S/c1-6-4-16-9(21-6)5-15-7-2-3-8-17-18-10(11(12,13)14)20(8)19-7/h2-4H,5H2,1H3,(H,15,19). The molecule has 3 heterocycles. The van der Waals surface area contributed by atoms with E-state index in [2.05, 4.69) is 25.6 Å². The van der Waals surface area contributed by atoms with Crippen LogP contribution in [0.15, 0.2) is 18.3 Å². The smallest absolute Gasteiger partial charge is 0.362 e. The van der Waals surface area contributed by atoms with E-state index in [0.29, 0.717) is 16.9 Å². The van der Waals surface area contributed by atoms with E-state index in [-0.39, 0.29) is 5.65 Å². The van der Waals surface area contributed by atoms with Crippen molar-refractivity contribution < 1.29 is 13.2 Å². The molecule has 0 amide bonds. The van der Waals surface area contributed by atoms with E-state index in [4.69, 9.17) is 0 Å². The zero-order chi connectivity index (χ0) is 15.0. The average Bonchev–Trinajstić information content (AvgIpc) is 3.01. The van der Waals surface area contributed by atoms with Crippen LogP contribution in [0.1, 0.15) is 15.7 Å². The number of halogens is 3. The van der Waals surface area contributed by atoms with Gasteiger partial charge < -0.3 is 5.32 Å². The second-order valence-electron chi connectivity index (χ2n) is 4.23. The van der Waals surface area contributed by atoms with Gasteiger partial charge in [0.05, 0.1) is 6.54 Å². The van der Waals surface area contributed by atoms with Crippen molar-refractivity contribution in [2.75, 3.05) is 5.32 Å². The summed E-state index contributed by atoms with van der Waals surface area (Å²) in [6.07, 6.45) is -2.86. The largest absolute Gasteiger partial charge is 0.453 e. The SMILES string of the molecule is Cc1cnc(CNc2ccc3nnc(C(F)(F)F)n3n2)s1. The molecule has 0 saturated heterocycles. The maximum absolute atomic E-state index is 12.7. The van der Waals surface area contributed by atoms with Gasteiger partial charge in [0, 0.05) is 11.1 Å². The molecule has 21 heavy (non-hydrogen) atoms. The van der Waals surface area contributed by atoms with Crippen LogP contribution in [0, 0.1) is 6.92 Å². The van der Waals surface area contributed by atoms with Crippen LogP contribution >= 0.6 is 11.3 Å². The van der Waals surface area contributed by atoms with Crippen LogP contribution in [0.5, 0.6) is 0 Å². The number of rotatable bonds is 3. The Hall–Kier alpha value is -2.23. The third-order valence-corrected chi connectivity index (χ3v) is 3.52. The third-order valence-electron chi connectivity index (χ3n) is 2.61. The number of aromatic nitrogens is 5. The van der Waals surface area contributed by atoms with Gasteiger partial charge in [-0.25, -0.2) is 4.98 Å². The number of nitrogens with one attached hydrogen (secondary N) is 1. The van der Waals surface area contributed by atoms with Crippen LogP contribution in [0.3, 0.4) is 0 Å². The van der Waals surface area contributed by atoms with Crippen molar-refractivity contribution in [2.45, 2.75) is 19.6 Å². The van der Waals surface area contributed by atoms with E-state index >= 15 is 0 Å². The number of nitrogens with zero attached hydrogens (tertiary/aromatic N) is 5. The Morgan fingerprint density at radius 1 is 1.29 bits per heavy atom. The van der Waals surface area contributed by atoms with Crippen LogP contribution in [-0.2, 0) is 12.7 Å². The molecule has 3 rings (SSSR count). The van der Waals surface area contributed by atoms with Gasteiger partial charge in [0.1, 0.15) is 10.8 Å². The molecule has 0 fully saturated rings. The van der Waals surface area contributed by atoms with E-state index < -0.39 is 12.0 Å². The van der Waals surface area contributed by atoms with Crippen LogP contribution in [0.4, 0.5) is 19.0 Å². The fourth-order valence-electron chi connectivity index (χ4n) is 1.71. The molecule has 3 aromatic heterocycles. The Bertz CT molecular complexity index is 778. The number of fused-ring (bicyclic) bond motifs is 1. The van der Waals surface area contributed by atoms with Crippen molar-refractivity contribution >= 4 is 22.8 Å². The topological polar surface area (TPSA) is 68.0 Å². The fraction of sp³-hybridized carbons (Fsp3) is 0.273. The maximum atomic E-state index is 12.7. The van der Waals surface area contributed by atoms with Gasteiger partial charge in [-0.15, -0.1) is 26.6 Å². The highest BCUT2D eigenvalue weighted by Crippen LogP contribution is 2.27. The summed E-state index contributed by atoms with van der Waals surface area (Å²) in [5, 5.41) is 14.2. The Morgan fingerprint density at radius 2 is 2.10 bits per heavy atom. The van der Waals surface area contributed by atoms with Gasteiger partial charge in [-0.2, -0.15) is 17.7 Å². The summed E-state index contributed by atoms with van der Waals surface area (Å²) in [5.74, 6) is -0.855. The van der Waals surface area contributed by atoms with E-state index in [0.717, 1.165) is 9.88 Å². The van der Waals surface area contributed by atoms with Gasteiger partial charge in [0.15, 0.2) is 5.65 Å². The van der Waals surface area contributed by atoms with Crippen molar-refractivity contribution in [1.82, 2.24) is 24.8 Å². The number of alkyl halides is 3. The van der Waals surface area contributed by atoms with Gasteiger partial charge in [-0.05, 0) is 19.1 Å². The van der Waals surface area contributed by atoms with Crippen molar-refractivity contribution in [3.63, 3.8) is 0 Å². The van der Waals surface area contributed by atoms with Gasteiger partial charge in [0.25, 0.3) is 5.82 Å². The zero-order valence-electron chi connectivity index (χ0n) is 10.7. The highest BCUT2D eigenvalue weighted by atomic mass is 32.1. The molecule has 0 aliphatic carbocycles. The lowest BCUT2D eigenvalue weighted by Gasteiger charge is -2.06. The maximum Gasteiger partial charge on any atom is 0.453 e. The molecule has 0 spiro atoms.